The lowest BCUT2D eigenvalue weighted by molar-refractivity contribution is -0.121. The van der Waals surface area contributed by atoms with E-state index in [4.69, 9.17) is 0 Å². The highest BCUT2D eigenvalue weighted by atomic mass is 32.2. The van der Waals surface area contributed by atoms with Crippen molar-refractivity contribution >= 4 is 40.7 Å². The third kappa shape index (κ3) is 4.86. The smallest absolute Gasteiger partial charge is 0.244 e. The van der Waals surface area contributed by atoms with Gasteiger partial charge in [0.1, 0.15) is 6.54 Å². The Labute approximate surface area is 185 Å². The molecule has 0 bridgehead atoms. The second kappa shape index (κ2) is 9.18. The van der Waals surface area contributed by atoms with E-state index in [1.807, 2.05) is 54.6 Å². The fourth-order valence-electron chi connectivity index (χ4n) is 3.54. The number of anilines is 2. The maximum absolute atomic E-state index is 13.2. The van der Waals surface area contributed by atoms with E-state index in [1.54, 1.807) is 40.9 Å². The van der Waals surface area contributed by atoms with Crippen molar-refractivity contribution in [2.45, 2.75) is 23.5 Å². The third-order valence-corrected chi connectivity index (χ3v) is 6.46. The number of nitrogens with one attached hydrogen (secondary N) is 1. The summed E-state index contributed by atoms with van der Waals surface area (Å²) < 4.78 is 0. The van der Waals surface area contributed by atoms with Crippen LogP contribution in [0.3, 0.4) is 0 Å². The molecule has 0 unspecified atom stereocenters. The summed E-state index contributed by atoms with van der Waals surface area (Å²) in [4.78, 5) is 39.9. The van der Waals surface area contributed by atoms with E-state index in [1.165, 1.54) is 6.92 Å². The molecule has 1 aliphatic heterocycles. The molecule has 1 N–H and O–H groups in total. The standard InChI is InChI=1S/C25H22N2O3S/c1-17(28)18-11-13-20(14-12-18)26-24(29)16-27-21-9-5-6-10-22(21)31-23(15-25(27)30)19-7-3-2-4-8-19/h2-14,23H,15-16H2,1H3,(H,26,29)/t23-/m1/s1. The first-order valence-electron chi connectivity index (χ1n) is 10.0. The summed E-state index contributed by atoms with van der Waals surface area (Å²) in [7, 11) is 0. The molecule has 4 rings (SSSR count). The topological polar surface area (TPSA) is 66.5 Å². The summed E-state index contributed by atoms with van der Waals surface area (Å²) in [5, 5.41) is 2.81. The lowest BCUT2D eigenvalue weighted by Crippen LogP contribution is -2.38. The molecule has 0 radical (unpaired) electrons. The normalized spacial score (nSPS) is 15.7. The molecular weight excluding hydrogens is 408 g/mol. The van der Waals surface area contributed by atoms with Crippen LogP contribution in [0.25, 0.3) is 0 Å². The van der Waals surface area contributed by atoms with E-state index in [2.05, 4.69) is 5.32 Å². The summed E-state index contributed by atoms with van der Waals surface area (Å²) in [6.07, 6.45) is 0.309. The number of carbonyl (C=O) groups is 3. The number of thioether (sulfide) groups is 1. The fourth-order valence-corrected chi connectivity index (χ4v) is 4.82. The van der Waals surface area contributed by atoms with Gasteiger partial charge in [0, 0.05) is 27.8 Å². The number of benzene rings is 3. The van der Waals surface area contributed by atoms with E-state index in [0.29, 0.717) is 17.7 Å². The predicted octanol–water partition coefficient (Wildman–Crippen LogP) is 5.10. The van der Waals surface area contributed by atoms with Gasteiger partial charge < -0.3 is 10.2 Å². The van der Waals surface area contributed by atoms with Gasteiger partial charge in [-0.3, -0.25) is 14.4 Å². The Bertz CT molecular complexity index is 1110. The van der Waals surface area contributed by atoms with Crippen LogP contribution in [-0.4, -0.2) is 24.1 Å². The quantitative estimate of drug-likeness (QED) is 0.572. The number of ketones is 1. The van der Waals surface area contributed by atoms with Crippen LogP contribution in [0.15, 0.2) is 83.8 Å². The van der Waals surface area contributed by atoms with Crippen molar-refractivity contribution in [3.8, 4) is 0 Å². The molecule has 0 aromatic heterocycles. The van der Waals surface area contributed by atoms with Crippen molar-refractivity contribution < 1.29 is 14.4 Å². The largest absolute Gasteiger partial charge is 0.325 e. The first-order chi connectivity index (χ1) is 15.0. The van der Waals surface area contributed by atoms with Gasteiger partial charge >= 0.3 is 0 Å². The molecule has 0 saturated carbocycles. The summed E-state index contributed by atoms with van der Waals surface area (Å²) >= 11 is 1.65. The maximum Gasteiger partial charge on any atom is 0.244 e. The van der Waals surface area contributed by atoms with E-state index in [-0.39, 0.29) is 29.4 Å². The first-order valence-corrected chi connectivity index (χ1v) is 10.9. The van der Waals surface area contributed by atoms with Gasteiger partial charge in [0.05, 0.1) is 5.69 Å². The number of amides is 2. The Balaban J connectivity index is 1.54. The number of carbonyl (C=O) groups excluding carboxylic acids is 3. The average Bonchev–Trinajstić information content (AvgIpc) is 2.91. The van der Waals surface area contributed by atoms with Gasteiger partial charge in [0.2, 0.25) is 11.8 Å². The zero-order valence-electron chi connectivity index (χ0n) is 17.1. The molecule has 3 aromatic rings. The van der Waals surface area contributed by atoms with Crippen LogP contribution in [0.2, 0.25) is 0 Å². The zero-order valence-corrected chi connectivity index (χ0v) is 17.9. The van der Waals surface area contributed by atoms with Crippen LogP contribution in [0.5, 0.6) is 0 Å². The van der Waals surface area contributed by atoms with Crippen LogP contribution in [0, 0.1) is 0 Å². The molecular formula is C25H22N2O3S. The molecule has 3 aromatic carbocycles. The number of rotatable bonds is 5. The summed E-state index contributed by atoms with van der Waals surface area (Å²) in [6, 6.07) is 24.4. The van der Waals surface area contributed by atoms with Gasteiger partial charge in [-0.2, -0.15) is 0 Å². The Morgan fingerprint density at radius 2 is 1.65 bits per heavy atom. The Morgan fingerprint density at radius 3 is 2.35 bits per heavy atom. The molecule has 6 heteroatoms. The molecule has 1 atom stereocenters. The van der Waals surface area contributed by atoms with E-state index in [9.17, 15) is 14.4 Å². The molecule has 1 heterocycles. The van der Waals surface area contributed by atoms with E-state index < -0.39 is 0 Å². The van der Waals surface area contributed by atoms with Crippen LogP contribution < -0.4 is 10.2 Å². The van der Waals surface area contributed by atoms with Gasteiger partial charge in [0.15, 0.2) is 5.78 Å². The minimum Gasteiger partial charge on any atom is -0.325 e. The molecule has 156 valence electrons. The van der Waals surface area contributed by atoms with E-state index in [0.717, 1.165) is 16.1 Å². The molecule has 1 aliphatic rings. The molecule has 0 spiro atoms. The maximum atomic E-state index is 13.2. The molecule has 0 fully saturated rings. The number of Topliss-reactive ketones (excluding diaryl/α,β-unsaturated/α-hetero) is 1. The van der Waals surface area contributed by atoms with Crippen molar-refractivity contribution in [2.24, 2.45) is 0 Å². The van der Waals surface area contributed by atoms with Crippen molar-refractivity contribution in [1.29, 1.82) is 0 Å². The monoisotopic (exact) mass is 430 g/mol. The van der Waals surface area contributed by atoms with Crippen molar-refractivity contribution in [3.05, 3.63) is 90.0 Å². The SMILES string of the molecule is CC(=O)c1ccc(NC(=O)CN2C(=O)C[C@H](c3ccccc3)Sc3ccccc32)cc1. The van der Waals surface area contributed by atoms with Gasteiger partial charge in [-0.25, -0.2) is 0 Å². The molecule has 5 nitrogen and oxygen atoms in total. The minimum absolute atomic E-state index is 0.0120. The highest BCUT2D eigenvalue weighted by Crippen LogP contribution is 2.45. The highest BCUT2D eigenvalue weighted by molar-refractivity contribution is 7.99. The number of nitrogens with zero attached hydrogens (tertiary/aromatic N) is 1. The summed E-state index contributed by atoms with van der Waals surface area (Å²) in [5.74, 6) is -0.412. The summed E-state index contributed by atoms with van der Waals surface area (Å²) in [6.45, 7) is 1.42. The van der Waals surface area contributed by atoms with Gasteiger partial charge in [0.25, 0.3) is 0 Å². The van der Waals surface area contributed by atoms with Crippen molar-refractivity contribution in [1.82, 2.24) is 0 Å². The Kier molecular flexibility index (Phi) is 6.18. The van der Waals surface area contributed by atoms with Crippen LogP contribution >= 0.6 is 11.8 Å². The van der Waals surface area contributed by atoms with Crippen molar-refractivity contribution in [2.75, 3.05) is 16.8 Å². The highest BCUT2D eigenvalue weighted by Gasteiger charge is 2.30. The second-order valence-electron chi connectivity index (χ2n) is 7.35. The number of fused-ring (bicyclic) bond motifs is 1. The van der Waals surface area contributed by atoms with Gasteiger partial charge in [-0.05, 0) is 48.9 Å². The van der Waals surface area contributed by atoms with Crippen LogP contribution in [0.4, 0.5) is 11.4 Å². The fraction of sp³-hybridized carbons (Fsp3) is 0.160. The first kappa shape index (κ1) is 20.9. The molecule has 31 heavy (non-hydrogen) atoms. The summed E-state index contributed by atoms with van der Waals surface area (Å²) in [5.41, 5.74) is 3.01. The third-order valence-electron chi connectivity index (χ3n) is 5.13. The number of hydrogen-bond acceptors (Lipinski definition) is 4. The zero-order chi connectivity index (χ0) is 21.8. The minimum atomic E-state index is -0.290. The molecule has 0 saturated heterocycles. The van der Waals surface area contributed by atoms with Crippen molar-refractivity contribution in [3.63, 3.8) is 0 Å². The Hall–Kier alpha value is -3.38. The van der Waals surface area contributed by atoms with Gasteiger partial charge in [-0.15, -0.1) is 11.8 Å². The predicted molar refractivity (Wildman–Crippen MR) is 124 cm³/mol. The lowest BCUT2D eigenvalue weighted by atomic mass is 10.1. The van der Waals surface area contributed by atoms with Crippen LogP contribution in [-0.2, 0) is 9.59 Å². The number of hydrogen-bond donors (Lipinski definition) is 1. The van der Waals surface area contributed by atoms with Gasteiger partial charge in [-0.1, -0.05) is 42.5 Å². The number of para-hydroxylation sites is 1. The van der Waals surface area contributed by atoms with Crippen LogP contribution in [0.1, 0.15) is 34.5 Å². The molecule has 0 aliphatic carbocycles. The second-order valence-corrected chi connectivity index (χ2v) is 8.60. The Morgan fingerprint density at radius 1 is 0.968 bits per heavy atom. The van der Waals surface area contributed by atoms with E-state index >= 15 is 0 Å². The molecule has 2 amide bonds. The average molecular weight is 431 g/mol. The lowest BCUT2D eigenvalue weighted by Gasteiger charge is -2.22.